The van der Waals surface area contributed by atoms with E-state index in [2.05, 4.69) is 0 Å². The third kappa shape index (κ3) is 3.93. The van der Waals surface area contributed by atoms with E-state index in [-0.39, 0.29) is 24.5 Å². The summed E-state index contributed by atoms with van der Waals surface area (Å²) in [5.74, 6) is -1.07. The Morgan fingerprint density at radius 3 is 2.52 bits per heavy atom. The van der Waals surface area contributed by atoms with Gasteiger partial charge >= 0.3 is 12.1 Å². The first-order valence-electron chi connectivity index (χ1n) is 7.67. The molecule has 0 saturated carbocycles. The number of ether oxygens (including phenoxy) is 2. The number of hydrogen-bond acceptors (Lipinski definition) is 4. The van der Waals surface area contributed by atoms with Gasteiger partial charge in [0.1, 0.15) is 5.75 Å². The lowest BCUT2D eigenvalue weighted by Gasteiger charge is -2.30. The van der Waals surface area contributed by atoms with Gasteiger partial charge in [0, 0.05) is 22.5 Å². The lowest BCUT2D eigenvalue weighted by Crippen LogP contribution is -2.41. The van der Waals surface area contributed by atoms with Crippen molar-refractivity contribution in [1.29, 1.82) is 0 Å². The molecule has 25 heavy (non-hydrogen) atoms. The van der Waals surface area contributed by atoms with Crippen molar-refractivity contribution in [2.75, 3.05) is 13.2 Å². The van der Waals surface area contributed by atoms with Crippen molar-refractivity contribution in [3.8, 4) is 5.75 Å². The second kappa shape index (κ2) is 6.88. The molecule has 2 N–H and O–H groups in total. The predicted molar refractivity (Wildman–Crippen MR) is 88.6 cm³/mol. The van der Waals surface area contributed by atoms with Crippen molar-refractivity contribution in [3.05, 3.63) is 33.9 Å². The highest BCUT2D eigenvalue weighted by atomic mass is 35.5. The van der Waals surface area contributed by atoms with Gasteiger partial charge in [0.25, 0.3) is 0 Å². The van der Waals surface area contributed by atoms with Crippen LogP contribution in [0.4, 0.5) is 13.2 Å². The quantitative estimate of drug-likeness (QED) is 0.810. The van der Waals surface area contributed by atoms with Crippen molar-refractivity contribution in [3.63, 3.8) is 0 Å². The Labute approximate surface area is 148 Å². The van der Waals surface area contributed by atoms with Crippen LogP contribution in [0.3, 0.4) is 0 Å². The summed E-state index contributed by atoms with van der Waals surface area (Å²) in [7, 11) is 0. The number of rotatable bonds is 4. The van der Waals surface area contributed by atoms with Crippen LogP contribution in [0.1, 0.15) is 31.9 Å². The molecule has 4 nitrogen and oxygen atoms in total. The number of carbonyl (C=O) groups excluding carboxylic acids is 1. The summed E-state index contributed by atoms with van der Waals surface area (Å²) in [5, 5.41) is 0.336. The van der Waals surface area contributed by atoms with E-state index in [1.54, 1.807) is 0 Å². The van der Waals surface area contributed by atoms with Gasteiger partial charge in [-0.2, -0.15) is 13.2 Å². The fourth-order valence-electron chi connectivity index (χ4n) is 2.47. The van der Waals surface area contributed by atoms with Gasteiger partial charge < -0.3 is 15.2 Å². The minimum absolute atomic E-state index is 0.00343. The van der Waals surface area contributed by atoms with E-state index >= 15 is 0 Å². The third-order valence-corrected chi connectivity index (χ3v) is 4.30. The smallest absolute Gasteiger partial charge is 0.430 e. The van der Waals surface area contributed by atoms with Crippen LogP contribution in [-0.2, 0) is 14.9 Å². The van der Waals surface area contributed by atoms with E-state index in [4.69, 9.17) is 26.8 Å². The lowest BCUT2D eigenvalue weighted by atomic mass is 9.83. The van der Waals surface area contributed by atoms with E-state index in [1.807, 2.05) is 13.8 Å². The van der Waals surface area contributed by atoms with Gasteiger partial charge in [-0.25, -0.2) is 4.79 Å². The molecule has 1 heterocycles. The molecule has 0 amide bonds. The molecule has 1 atom stereocenters. The molecule has 1 aromatic rings. The lowest BCUT2D eigenvalue weighted by molar-refractivity contribution is -0.187. The Balaban J connectivity index is 2.58. The molecule has 1 aliphatic rings. The molecule has 0 aromatic heterocycles. The molecule has 8 heteroatoms. The Kier molecular flexibility index (Phi) is 5.39. The number of halogens is 4. The first-order chi connectivity index (χ1) is 11.5. The van der Waals surface area contributed by atoms with Crippen LogP contribution in [0.25, 0.3) is 6.08 Å². The SMILES string of the molecule is CCOC(=O)C1=Cc2cc(Cl)c(C(C)(C)CN)cc2OC1C(F)(F)F. The maximum Gasteiger partial charge on any atom is 0.430 e. The highest BCUT2D eigenvalue weighted by molar-refractivity contribution is 6.31. The number of fused-ring (bicyclic) bond motifs is 1. The van der Waals surface area contributed by atoms with Crippen LogP contribution in [0.2, 0.25) is 5.02 Å². The summed E-state index contributed by atoms with van der Waals surface area (Å²) in [5.41, 5.74) is 5.42. The third-order valence-electron chi connectivity index (χ3n) is 3.99. The van der Waals surface area contributed by atoms with Crippen LogP contribution in [0.5, 0.6) is 5.75 Å². The average molecular weight is 378 g/mol. The van der Waals surface area contributed by atoms with Gasteiger partial charge in [0.2, 0.25) is 6.10 Å². The summed E-state index contributed by atoms with van der Waals surface area (Å²) in [6.07, 6.45) is -6.05. The summed E-state index contributed by atoms with van der Waals surface area (Å²) in [6, 6.07) is 2.91. The first kappa shape index (κ1) is 19.6. The van der Waals surface area contributed by atoms with Gasteiger partial charge in [-0.15, -0.1) is 0 Å². The van der Waals surface area contributed by atoms with E-state index in [0.717, 1.165) is 6.08 Å². The van der Waals surface area contributed by atoms with Gasteiger partial charge in [0.15, 0.2) is 0 Å². The van der Waals surface area contributed by atoms with E-state index in [9.17, 15) is 18.0 Å². The number of nitrogens with two attached hydrogens (primary N) is 1. The van der Waals surface area contributed by atoms with Crippen LogP contribution in [0, 0.1) is 0 Å². The summed E-state index contributed by atoms with van der Waals surface area (Å²) >= 11 is 6.26. The molecule has 0 fully saturated rings. The van der Waals surface area contributed by atoms with Crippen molar-refractivity contribution in [2.45, 2.75) is 38.5 Å². The fraction of sp³-hybridized carbons (Fsp3) is 0.471. The molecule has 0 aliphatic carbocycles. The van der Waals surface area contributed by atoms with Gasteiger partial charge in [-0.05, 0) is 30.7 Å². The first-order valence-corrected chi connectivity index (χ1v) is 8.05. The highest BCUT2D eigenvalue weighted by Crippen LogP contribution is 2.42. The Morgan fingerprint density at radius 2 is 2.00 bits per heavy atom. The van der Waals surface area contributed by atoms with Crippen molar-refractivity contribution < 1.29 is 27.4 Å². The maximum atomic E-state index is 13.3. The summed E-state index contributed by atoms with van der Waals surface area (Å²) < 4.78 is 49.9. The van der Waals surface area contributed by atoms with Crippen molar-refractivity contribution in [2.24, 2.45) is 5.73 Å². The van der Waals surface area contributed by atoms with Crippen LogP contribution in [0.15, 0.2) is 17.7 Å². The summed E-state index contributed by atoms with van der Waals surface area (Å²) in [6.45, 7) is 5.36. The molecule has 0 radical (unpaired) electrons. The zero-order chi connectivity index (χ0) is 19.0. The second-order valence-electron chi connectivity index (χ2n) is 6.32. The van der Waals surface area contributed by atoms with Gasteiger partial charge in [0.05, 0.1) is 12.2 Å². The molecule has 138 valence electrons. The minimum atomic E-state index is -4.76. The number of carbonyl (C=O) groups is 1. The second-order valence-corrected chi connectivity index (χ2v) is 6.72. The van der Waals surface area contributed by atoms with Crippen molar-refractivity contribution in [1.82, 2.24) is 0 Å². The maximum absolute atomic E-state index is 13.3. The van der Waals surface area contributed by atoms with E-state index in [1.165, 1.54) is 19.1 Å². The van der Waals surface area contributed by atoms with Crippen LogP contribution < -0.4 is 10.5 Å². The van der Waals surface area contributed by atoms with E-state index < -0.39 is 29.2 Å². The molecule has 0 saturated heterocycles. The molecule has 0 spiro atoms. The molecular formula is C17H19ClF3NO3. The number of benzene rings is 1. The van der Waals surface area contributed by atoms with E-state index in [0.29, 0.717) is 10.6 Å². The largest absolute Gasteiger partial charge is 0.475 e. The zero-order valence-corrected chi connectivity index (χ0v) is 14.8. The molecule has 0 bridgehead atoms. The Bertz CT molecular complexity index is 714. The average Bonchev–Trinajstić information content (AvgIpc) is 2.52. The molecule has 1 aliphatic heterocycles. The predicted octanol–water partition coefficient (Wildman–Crippen LogP) is 3.85. The molecule has 1 aromatic carbocycles. The zero-order valence-electron chi connectivity index (χ0n) is 14.0. The molecule has 2 rings (SSSR count). The fourth-order valence-corrected chi connectivity index (χ4v) is 2.90. The molecular weight excluding hydrogens is 359 g/mol. The number of alkyl halides is 3. The summed E-state index contributed by atoms with van der Waals surface area (Å²) in [4.78, 5) is 11.9. The van der Waals surface area contributed by atoms with Crippen LogP contribution >= 0.6 is 11.6 Å². The monoisotopic (exact) mass is 377 g/mol. The number of hydrogen-bond donors (Lipinski definition) is 1. The minimum Gasteiger partial charge on any atom is -0.475 e. The van der Waals surface area contributed by atoms with Crippen LogP contribution in [-0.4, -0.2) is 31.4 Å². The topological polar surface area (TPSA) is 61.5 Å². The Morgan fingerprint density at radius 1 is 1.36 bits per heavy atom. The Hall–Kier alpha value is -1.73. The van der Waals surface area contributed by atoms with Crippen molar-refractivity contribution >= 4 is 23.6 Å². The van der Waals surface area contributed by atoms with Gasteiger partial charge in [-0.3, -0.25) is 0 Å². The standard InChI is InChI=1S/C17H19ClF3NO3/c1-4-24-15(23)10-5-9-6-12(18)11(16(2,3)8-22)7-13(9)25-14(10)17(19,20)21/h5-7,14H,4,8,22H2,1-3H3. The molecule has 1 unspecified atom stereocenters. The normalized spacial score (nSPS) is 17.4. The highest BCUT2D eigenvalue weighted by Gasteiger charge is 2.49. The van der Waals surface area contributed by atoms with Gasteiger partial charge in [-0.1, -0.05) is 25.4 Å². The number of esters is 1.